The summed E-state index contributed by atoms with van der Waals surface area (Å²) in [5.41, 5.74) is 3.58. The zero-order chi connectivity index (χ0) is 14.0. The zero-order valence-corrected chi connectivity index (χ0v) is 12.4. The fourth-order valence-electron chi connectivity index (χ4n) is 1.84. The van der Waals surface area contributed by atoms with Gasteiger partial charge >= 0.3 is 0 Å². The number of phenols is 1. The summed E-state index contributed by atoms with van der Waals surface area (Å²) < 4.78 is 13.9. The Morgan fingerprint density at radius 1 is 1.16 bits per heavy atom. The predicted octanol–water partition coefficient (Wildman–Crippen LogP) is 4.52. The first kappa shape index (κ1) is 13.9. The Balaban J connectivity index is 2.14. The van der Waals surface area contributed by atoms with E-state index < -0.39 is 0 Å². The van der Waals surface area contributed by atoms with E-state index in [0.717, 1.165) is 22.4 Å². The molecule has 0 saturated carbocycles. The highest BCUT2D eigenvalue weighted by atomic mass is 79.9. The SMILES string of the molecule is Cc1cc(NCc2ccc(Br)c(F)c2)c(C)cc1O. The molecule has 0 aliphatic rings. The zero-order valence-electron chi connectivity index (χ0n) is 10.8. The maximum atomic E-state index is 13.4. The molecular weight excluding hydrogens is 309 g/mol. The first-order valence-corrected chi connectivity index (χ1v) is 6.74. The van der Waals surface area contributed by atoms with Gasteiger partial charge in [-0.1, -0.05) is 6.07 Å². The van der Waals surface area contributed by atoms with Crippen molar-refractivity contribution in [3.63, 3.8) is 0 Å². The summed E-state index contributed by atoms with van der Waals surface area (Å²) in [5, 5.41) is 12.8. The van der Waals surface area contributed by atoms with Crippen molar-refractivity contribution in [2.45, 2.75) is 20.4 Å². The number of nitrogens with one attached hydrogen (secondary N) is 1. The maximum absolute atomic E-state index is 13.4. The van der Waals surface area contributed by atoms with Gasteiger partial charge < -0.3 is 10.4 Å². The summed E-state index contributed by atoms with van der Waals surface area (Å²) in [6.45, 7) is 4.30. The molecule has 100 valence electrons. The Morgan fingerprint density at radius 3 is 2.58 bits per heavy atom. The molecule has 2 aromatic rings. The molecule has 0 bridgehead atoms. The number of hydrogen-bond donors (Lipinski definition) is 2. The van der Waals surface area contributed by atoms with Crippen LogP contribution in [0.5, 0.6) is 5.75 Å². The second kappa shape index (κ2) is 5.61. The van der Waals surface area contributed by atoms with Crippen LogP contribution >= 0.6 is 15.9 Å². The average Bonchev–Trinajstić information content (AvgIpc) is 2.36. The summed E-state index contributed by atoms with van der Waals surface area (Å²) in [6.07, 6.45) is 0. The van der Waals surface area contributed by atoms with E-state index in [2.05, 4.69) is 21.2 Å². The lowest BCUT2D eigenvalue weighted by atomic mass is 10.1. The lowest BCUT2D eigenvalue weighted by molar-refractivity contribution is 0.471. The van der Waals surface area contributed by atoms with Gasteiger partial charge in [0.15, 0.2) is 0 Å². The van der Waals surface area contributed by atoms with Gasteiger partial charge in [0.1, 0.15) is 11.6 Å². The Morgan fingerprint density at radius 2 is 1.89 bits per heavy atom. The van der Waals surface area contributed by atoms with Crippen LogP contribution in [0.4, 0.5) is 10.1 Å². The smallest absolute Gasteiger partial charge is 0.137 e. The summed E-state index contributed by atoms with van der Waals surface area (Å²) in [4.78, 5) is 0. The molecule has 0 radical (unpaired) electrons. The number of aryl methyl sites for hydroxylation is 2. The quantitative estimate of drug-likeness (QED) is 0.814. The molecule has 0 atom stereocenters. The number of halogens is 2. The molecule has 4 heteroatoms. The van der Waals surface area contributed by atoms with Crippen LogP contribution in [0, 0.1) is 19.7 Å². The minimum atomic E-state index is -0.266. The Hall–Kier alpha value is -1.55. The first-order chi connectivity index (χ1) is 8.97. The van der Waals surface area contributed by atoms with Crippen molar-refractivity contribution in [1.29, 1.82) is 0 Å². The average molecular weight is 324 g/mol. The molecule has 19 heavy (non-hydrogen) atoms. The molecule has 0 aromatic heterocycles. The van der Waals surface area contributed by atoms with Gasteiger partial charge in [0.25, 0.3) is 0 Å². The molecule has 0 aliphatic heterocycles. The van der Waals surface area contributed by atoms with Crippen molar-refractivity contribution in [2.75, 3.05) is 5.32 Å². The molecular formula is C15H15BrFNO. The van der Waals surface area contributed by atoms with Crippen LogP contribution in [0.3, 0.4) is 0 Å². The lowest BCUT2D eigenvalue weighted by Gasteiger charge is -2.12. The number of anilines is 1. The van der Waals surface area contributed by atoms with Crippen LogP contribution in [0.2, 0.25) is 0 Å². The van der Waals surface area contributed by atoms with Gasteiger partial charge in [-0.3, -0.25) is 0 Å². The van der Waals surface area contributed by atoms with E-state index in [-0.39, 0.29) is 11.6 Å². The van der Waals surface area contributed by atoms with Gasteiger partial charge in [-0.15, -0.1) is 0 Å². The van der Waals surface area contributed by atoms with E-state index in [1.165, 1.54) is 6.07 Å². The van der Waals surface area contributed by atoms with E-state index in [0.29, 0.717) is 11.0 Å². The van der Waals surface area contributed by atoms with Crippen LogP contribution in [0.15, 0.2) is 34.8 Å². The van der Waals surface area contributed by atoms with Gasteiger partial charge in [0.2, 0.25) is 0 Å². The number of hydrogen-bond acceptors (Lipinski definition) is 2. The number of aromatic hydroxyl groups is 1. The van der Waals surface area contributed by atoms with E-state index in [9.17, 15) is 9.50 Å². The standard InChI is InChI=1S/C15H15BrFNO/c1-9-6-15(19)10(2)5-14(9)18-8-11-3-4-12(16)13(17)7-11/h3-7,18-19H,8H2,1-2H3. The van der Waals surface area contributed by atoms with Crippen LogP contribution in [0.1, 0.15) is 16.7 Å². The van der Waals surface area contributed by atoms with E-state index in [1.807, 2.05) is 26.0 Å². The predicted molar refractivity (Wildman–Crippen MR) is 79.0 cm³/mol. The maximum Gasteiger partial charge on any atom is 0.137 e. The molecule has 2 nitrogen and oxygen atoms in total. The highest BCUT2D eigenvalue weighted by Gasteiger charge is 2.04. The van der Waals surface area contributed by atoms with Gasteiger partial charge in [0.05, 0.1) is 4.47 Å². The molecule has 0 fully saturated rings. The van der Waals surface area contributed by atoms with Crippen molar-refractivity contribution in [2.24, 2.45) is 0 Å². The molecule has 0 heterocycles. The van der Waals surface area contributed by atoms with Gasteiger partial charge in [-0.25, -0.2) is 4.39 Å². The molecule has 0 spiro atoms. The van der Waals surface area contributed by atoms with Crippen LogP contribution < -0.4 is 5.32 Å². The molecule has 2 aromatic carbocycles. The summed E-state index contributed by atoms with van der Waals surface area (Å²) in [7, 11) is 0. The Labute approximate surface area is 120 Å². The van der Waals surface area contributed by atoms with Gasteiger partial charge in [-0.2, -0.15) is 0 Å². The third-order valence-corrected chi connectivity index (χ3v) is 3.65. The van der Waals surface area contributed by atoms with Crippen molar-refractivity contribution >= 4 is 21.6 Å². The molecule has 0 amide bonds. The lowest BCUT2D eigenvalue weighted by Crippen LogP contribution is -2.02. The van der Waals surface area contributed by atoms with Crippen LogP contribution in [-0.2, 0) is 6.54 Å². The highest BCUT2D eigenvalue weighted by Crippen LogP contribution is 2.25. The van der Waals surface area contributed by atoms with E-state index in [1.54, 1.807) is 12.1 Å². The molecule has 2 rings (SSSR count). The van der Waals surface area contributed by atoms with Gasteiger partial charge in [-0.05, 0) is 70.7 Å². The fourth-order valence-corrected chi connectivity index (χ4v) is 2.08. The third kappa shape index (κ3) is 3.26. The van der Waals surface area contributed by atoms with Crippen molar-refractivity contribution in [3.8, 4) is 5.75 Å². The van der Waals surface area contributed by atoms with Crippen LogP contribution in [-0.4, -0.2) is 5.11 Å². The van der Waals surface area contributed by atoms with Crippen LogP contribution in [0.25, 0.3) is 0 Å². The van der Waals surface area contributed by atoms with Gasteiger partial charge in [0, 0.05) is 12.2 Å². The Bertz CT molecular complexity index is 613. The minimum Gasteiger partial charge on any atom is -0.508 e. The number of phenolic OH excluding ortho intramolecular Hbond substituents is 1. The number of rotatable bonds is 3. The molecule has 0 unspecified atom stereocenters. The molecule has 0 saturated heterocycles. The normalized spacial score (nSPS) is 10.5. The van der Waals surface area contributed by atoms with Crippen molar-refractivity contribution in [1.82, 2.24) is 0 Å². The number of benzene rings is 2. The van der Waals surface area contributed by atoms with Crippen molar-refractivity contribution < 1.29 is 9.50 Å². The largest absolute Gasteiger partial charge is 0.508 e. The van der Waals surface area contributed by atoms with E-state index >= 15 is 0 Å². The summed E-state index contributed by atoms with van der Waals surface area (Å²) >= 11 is 3.13. The fraction of sp³-hybridized carbons (Fsp3) is 0.200. The topological polar surface area (TPSA) is 32.3 Å². The second-order valence-corrected chi connectivity index (χ2v) is 5.41. The second-order valence-electron chi connectivity index (χ2n) is 4.56. The van der Waals surface area contributed by atoms with E-state index in [4.69, 9.17) is 0 Å². The Kier molecular flexibility index (Phi) is 4.10. The minimum absolute atomic E-state index is 0.266. The summed E-state index contributed by atoms with van der Waals surface area (Å²) in [5.74, 6) is 0.0237. The monoisotopic (exact) mass is 323 g/mol. The summed E-state index contributed by atoms with van der Waals surface area (Å²) in [6, 6.07) is 8.67. The first-order valence-electron chi connectivity index (χ1n) is 5.95. The van der Waals surface area contributed by atoms with Crippen molar-refractivity contribution in [3.05, 3.63) is 57.3 Å². The molecule has 2 N–H and O–H groups in total. The third-order valence-electron chi connectivity index (χ3n) is 3.01. The highest BCUT2D eigenvalue weighted by molar-refractivity contribution is 9.10. The molecule has 0 aliphatic carbocycles.